The number of hydrogen-bond donors (Lipinski definition) is 1. The molecule has 0 bridgehead atoms. The number of nitrogens with zero attached hydrogens (tertiary/aromatic N) is 4. The van der Waals surface area contributed by atoms with Crippen molar-refractivity contribution in [2.24, 2.45) is 5.92 Å². The minimum Gasteiger partial charge on any atom is -0.354 e. The maximum absolute atomic E-state index is 14.3. The van der Waals surface area contributed by atoms with Crippen molar-refractivity contribution in [3.8, 4) is 0 Å². The number of benzene rings is 3. The molecule has 39 heavy (non-hydrogen) atoms. The average molecular weight is 528 g/mol. The summed E-state index contributed by atoms with van der Waals surface area (Å²) >= 11 is 0. The van der Waals surface area contributed by atoms with Crippen molar-refractivity contribution in [1.29, 1.82) is 0 Å². The van der Waals surface area contributed by atoms with Crippen molar-refractivity contribution in [3.05, 3.63) is 89.2 Å². The monoisotopic (exact) mass is 527 g/mol. The first kappa shape index (κ1) is 26.5. The van der Waals surface area contributed by atoms with E-state index < -0.39 is 11.9 Å². The summed E-state index contributed by atoms with van der Waals surface area (Å²) in [6.07, 6.45) is 4.67. The van der Waals surface area contributed by atoms with Crippen LogP contribution in [0.4, 0.5) is 10.1 Å². The first-order valence-electron chi connectivity index (χ1n) is 13.7. The number of aromatic nitrogens is 3. The van der Waals surface area contributed by atoms with Crippen LogP contribution in [0.3, 0.4) is 0 Å². The first-order chi connectivity index (χ1) is 18.9. The van der Waals surface area contributed by atoms with Gasteiger partial charge in [-0.25, -0.2) is 9.07 Å². The van der Waals surface area contributed by atoms with Crippen LogP contribution in [0.2, 0.25) is 0 Å². The van der Waals surface area contributed by atoms with Gasteiger partial charge in [-0.2, -0.15) is 0 Å². The van der Waals surface area contributed by atoms with E-state index in [1.54, 1.807) is 21.7 Å². The predicted molar refractivity (Wildman–Crippen MR) is 150 cm³/mol. The maximum Gasteiger partial charge on any atom is 0.249 e. The van der Waals surface area contributed by atoms with Crippen molar-refractivity contribution in [2.75, 3.05) is 11.4 Å². The largest absolute Gasteiger partial charge is 0.354 e. The van der Waals surface area contributed by atoms with Crippen LogP contribution >= 0.6 is 0 Å². The molecule has 0 spiro atoms. The summed E-state index contributed by atoms with van der Waals surface area (Å²) in [6, 6.07) is 18.3. The molecule has 0 fully saturated rings. The van der Waals surface area contributed by atoms with E-state index in [9.17, 15) is 14.0 Å². The number of carbonyl (C=O) groups is 2. The van der Waals surface area contributed by atoms with E-state index in [-0.39, 0.29) is 18.4 Å². The Labute approximate surface area is 228 Å². The number of nitrogens with one attached hydrogen (secondary N) is 1. The summed E-state index contributed by atoms with van der Waals surface area (Å²) in [7, 11) is 0. The molecule has 1 aliphatic rings. The van der Waals surface area contributed by atoms with Gasteiger partial charge in [-0.1, -0.05) is 55.5 Å². The second-order valence-electron chi connectivity index (χ2n) is 10.5. The lowest BCUT2D eigenvalue weighted by atomic mass is 9.89. The van der Waals surface area contributed by atoms with Crippen LogP contribution in [0.1, 0.15) is 55.8 Å². The van der Waals surface area contributed by atoms with Gasteiger partial charge in [-0.15, -0.1) is 5.10 Å². The first-order valence-corrected chi connectivity index (χ1v) is 13.7. The highest BCUT2D eigenvalue weighted by Gasteiger charge is 2.35. The Hall–Kier alpha value is -4.07. The number of rotatable bonds is 9. The van der Waals surface area contributed by atoms with E-state index in [0.29, 0.717) is 23.5 Å². The summed E-state index contributed by atoms with van der Waals surface area (Å²) in [5.74, 6) is -0.582. The number of hydrogen-bond acceptors (Lipinski definition) is 4. The summed E-state index contributed by atoms with van der Waals surface area (Å²) in [5, 5.41) is 11.5. The molecule has 1 aliphatic carbocycles. The third-order valence-electron chi connectivity index (χ3n) is 7.32. The van der Waals surface area contributed by atoms with E-state index in [0.717, 1.165) is 48.9 Å². The molecule has 1 unspecified atom stereocenters. The van der Waals surface area contributed by atoms with Crippen LogP contribution in [0.25, 0.3) is 11.0 Å². The number of fused-ring (bicyclic) bond motifs is 2. The highest BCUT2D eigenvalue weighted by Crippen LogP contribution is 2.36. The van der Waals surface area contributed by atoms with E-state index in [1.165, 1.54) is 17.7 Å². The van der Waals surface area contributed by atoms with Gasteiger partial charge in [0, 0.05) is 12.2 Å². The molecular weight excluding hydrogens is 493 g/mol. The fourth-order valence-corrected chi connectivity index (χ4v) is 5.29. The van der Waals surface area contributed by atoms with Crippen molar-refractivity contribution < 1.29 is 14.0 Å². The number of carbonyl (C=O) groups excluding carboxylic acids is 2. The fourth-order valence-electron chi connectivity index (χ4n) is 5.29. The Morgan fingerprint density at radius 3 is 2.56 bits per heavy atom. The zero-order chi connectivity index (χ0) is 27.4. The van der Waals surface area contributed by atoms with Gasteiger partial charge in [-0.3, -0.25) is 14.5 Å². The molecule has 2 amide bonds. The van der Waals surface area contributed by atoms with Crippen LogP contribution in [0.5, 0.6) is 0 Å². The SMILES string of the molecule is CC(C)CCNC(=O)C(c1ccc(F)cc1)N(C(=O)Cn1nnc2ccccc21)c1cccc2c1CCCC2. The van der Waals surface area contributed by atoms with E-state index >= 15 is 0 Å². The molecule has 3 aromatic carbocycles. The lowest BCUT2D eigenvalue weighted by Crippen LogP contribution is -2.46. The van der Waals surface area contributed by atoms with Crippen molar-refractivity contribution in [1.82, 2.24) is 20.3 Å². The van der Waals surface area contributed by atoms with Gasteiger partial charge in [0.1, 0.15) is 23.9 Å². The third kappa shape index (κ3) is 5.85. The van der Waals surface area contributed by atoms with Gasteiger partial charge in [0.15, 0.2) is 0 Å². The number of aryl methyl sites for hydroxylation is 1. The van der Waals surface area contributed by atoms with Crippen LogP contribution < -0.4 is 10.2 Å². The Balaban J connectivity index is 1.60. The average Bonchev–Trinajstić information content (AvgIpc) is 3.34. The standard InChI is InChI=1S/C31H34FN5O2/c1-21(2)18-19-33-31(39)30(23-14-16-24(32)17-15-23)37(27-13-7-9-22-8-3-4-10-25(22)27)29(38)20-36-28-12-6-5-11-26(28)34-35-36/h5-7,9,11-17,21,30H,3-4,8,10,18-20H2,1-2H3,(H,33,39). The van der Waals surface area contributed by atoms with Crippen LogP contribution in [0, 0.1) is 11.7 Å². The molecule has 0 radical (unpaired) electrons. The molecule has 0 saturated heterocycles. The molecule has 1 heterocycles. The van der Waals surface area contributed by atoms with Gasteiger partial charge in [0.25, 0.3) is 0 Å². The quantitative estimate of drug-likeness (QED) is 0.317. The van der Waals surface area contributed by atoms with Gasteiger partial charge >= 0.3 is 0 Å². The van der Waals surface area contributed by atoms with Crippen molar-refractivity contribution in [2.45, 2.75) is 58.5 Å². The van der Waals surface area contributed by atoms with Crippen molar-refractivity contribution in [3.63, 3.8) is 0 Å². The lowest BCUT2D eigenvalue weighted by Gasteiger charge is -2.34. The highest BCUT2D eigenvalue weighted by molar-refractivity contribution is 6.02. The molecule has 1 aromatic heterocycles. The number of para-hydroxylation sites is 1. The Kier molecular flexibility index (Phi) is 8.00. The number of amides is 2. The summed E-state index contributed by atoms with van der Waals surface area (Å²) in [4.78, 5) is 29.8. The smallest absolute Gasteiger partial charge is 0.249 e. The van der Waals surface area contributed by atoms with Gasteiger partial charge in [-0.05, 0) is 85.0 Å². The molecular formula is C31H34FN5O2. The van der Waals surface area contributed by atoms with Gasteiger partial charge in [0.2, 0.25) is 11.8 Å². The van der Waals surface area contributed by atoms with Crippen LogP contribution in [-0.4, -0.2) is 33.4 Å². The molecule has 1 atom stereocenters. The predicted octanol–water partition coefficient (Wildman–Crippen LogP) is 5.39. The minimum atomic E-state index is -0.978. The van der Waals surface area contributed by atoms with E-state index in [1.807, 2.05) is 36.4 Å². The van der Waals surface area contributed by atoms with E-state index in [2.05, 4.69) is 35.5 Å². The number of anilines is 1. The molecule has 7 nitrogen and oxygen atoms in total. The minimum absolute atomic E-state index is 0.0961. The van der Waals surface area contributed by atoms with Crippen molar-refractivity contribution >= 4 is 28.5 Å². The number of halogens is 1. The summed E-state index contributed by atoms with van der Waals surface area (Å²) in [5.41, 5.74) is 4.97. The van der Waals surface area contributed by atoms with Gasteiger partial charge in [0.05, 0.1) is 5.52 Å². The topological polar surface area (TPSA) is 80.1 Å². The summed E-state index contributed by atoms with van der Waals surface area (Å²) < 4.78 is 15.5. The molecule has 0 aliphatic heterocycles. The zero-order valence-electron chi connectivity index (χ0n) is 22.4. The molecule has 0 saturated carbocycles. The summed E-state index contributed by atoms with van der Waals surface area (Å²) in [6.45, 7) is 4.58. The second-order valence-corrected chi connectivity index (χ2v) is 10.5. The molecule has 202 valence electrons. The highest BCUT2D eigenvalue weighted by atomic mass is 19.1. The molecule has 5 rings (SSSR count). The normalized spacial score (nSPS) is 13.7. The Morgan fingerprint density at radius 2 is 1.77 bits per heavy atom. The Morgan fingerprint density at radius 1 is 1.00 bits per heavy atom. The van der Waals surface area contributed by atoms with Crippen LogP contribution in [-0.2, 0) is 29.0 Å². The third-order valence-corrected chi connectivity index (χ3v) is 7.32. The Bertz CT molecular complexity index is 1460. The molecule has 8 heteroatoms. The lowest BCUT2D eigenvalue weighted by molar-refractivity contribution is -0.127. The molecule has 4 aromatic rings. The zero-order valence-corrected chi connectivity index (χ0v) is 22.4. The molecule has 1 N–H and O–H groups in total. The van der Waals surface area contributed by atoms with E-state index in [4.69, 9.17) is 0 Å². The van der Waals surface area contributed by atoms with Crippen LogP contribution in [0.15, 0.2) is 66.7 Å². The second kappa shape index (κ2) is 11.8. The maximum atomic E-state index is 14.3. The van der Waals surface area contributed by atoms with Gasteiger partial charge < -0.3 is 5.32 Å². The fraction of sp³-hybridized carbons (Fsp3) is 0.355.